The highest BCUT2D eigenvalue weighted by molar-refractivity contribution is 8.18. The van der Waals surface area contributed by atoms with Crippen molar-refractivity contribution in [1.29, 1.82) is 0 Å². The number of hydrogen-bond donors (Lipinski definition) is 0. The summed E-state index contributed by atoms with van der Waals surface area (Å²) >= 11 is 0.765. The third-order valence-corrected chi connectivity index (χ3v) is 5.10. The van der Waals surface area contributed by atoms with Crippen LogP contribution in [0.25, 0.3) is 6.08 Å². The summed E-state index contributed by atoms with van der Waals surface area (Å²) in [5.41, 5.74) is 0.872. The van der Waals surface area contributed by atoms with Crippen molar-refractivity contribution in [2.75, 3.05) is 13.2 Å². The number of carbonyl (C=O) groups excluding carboxylic acids is 3. The summed E-state index contributed by atoms with van der Waals surface area (Å²) in [5.74, 6) is -0.669. The summed E-state index contributed by atoms with van der Waals surface area (Å²) in [6.45, 7) is 1.56. The number of rotatable bonds is 8. The minimum Gasteiger partial charge on any atom is -0.481 e. The zero-order chi connectivity index (χ0) is 22.4. The van der Waals surface area contributed by atoms with Gasteiger partial charge < -0.3 is 9.47 Å². The van der Waals surface area contributed by atoms with Crippen molar-refractivity contribution >= 4 is 40.6 Å². The first-order valence-electron chi connectivity index (χ1n) is 9.25. The Balaban J connectivity index is 1.77. The third kappa shape index (κ3) is 5.48. The zero-order valence-electron chi connectivity index (χ0n) is 16.5. The lowest BCUT2D eigenvalue weighted by Gasteiger charge is -2.12. The molecule has 0 spiro atoms. The molecular weight excluding hydrogens is 424 g/mol. The minimum absolute atomic E-state index is 0.0787. The summed E-state index contributed by atoms with van der Waals surface area (Å²) in [4.78, 5) is 48.3. The first-order valence-corrected chi connectivity index (χ1v) is 10.1. The smallest absolute Gasteiger partial charge is 0.344 e. The molecule has 1 heterocycles. The number of para-hydroxylation sites is 1. The molecule has 2 aromatic carbocycles. The van der Waals surface area contributed by atoms with E-state index in [-0.39, 0.29) is 30.4 Å². The van der Waals surface area contributed by atoms with E-state index >= 15 is 0 Å². The molecule has 0 unspecified atom stereocenters. The number of ether oxygens (including phenoxy) is 2. The molecule has 1 aliphatic heterocycles. The van der Waals surface area contributed by atoms with Gasteiger partial charge in [-0.1, -0.05) is 30.3 Å². The van der Waals surface area contributed by atoms with E-state index in [0.29, 0.717) is 16.9 Å². The molecule has 0 aromatic heterocycles. The van der Waals surface area contributed by atoms with Crippen molar-refractivity contribution in [1.82, 2.24) is 4.90 Å². The molecule has 1 saturated heterocycles. The first kappa shape index (κ1) is 22.0. The minimum atomic E-state index is -0.537. The fraction of sp³-hybridized carbons (Fsp3) is 0.190. The first-order chi connectivity index (χ1) is 14.9. The predicted molar refractivity (Wildman–Crippen MR) is 113 cm³/mol. The van der Waals surface area contributed by atoms with E-state index in [2.05, 4.69) is 0 Å². The Morgan fingerprint density at radius 3 is 2.71 bits per heavy atom. The lowest BCUT2D eigenvalue weighted by atomic mass is 10.1. The van der Waals surface area contributed by atoms with Gasteiger partial charge in [0.25, 0.3) is 16.8 Å². The molecule has 10 heteroatoms. The monoisotopic (exact) mass is 442 g/mol. The van der Waals surface area contributed by atoms with E-state index in [4.69, 9.17) is 9.47 Å². The Kier molecular flexibility index (Phi) is 7.03. The Hall–Kier alpha value is -3.66. The van der Waals surface area contributed by atoms with Crippen LogP contribution in [0.3, 0.4) is 0 Å². The van der Waals surface area contributed by atoms with Gasteiger partial charge in [-0.25, -0.2) is 4.79 Å². The number of hydrogen-bond acceptors (Lipinski definition) is 8. The zero-order valence-corrected chi connectivity index (χ0v) is 17.3. The van der Waals surface area contributed by atoms with Crippen LogP contribution >= 0.6 is 11.8 Å². The van der Waals surface area contributed by atoms with Crippen LogP contribution in [0.2, 0.25) is 0 Å². The molecule has 31 heavy (non-hydrogen) atoms. The molecular formula is C21H18N2O7S. The van der Waals surface area contributed by atoms with Crippen LogP contribution in [0.5, 0.6) is 5.75 Å². The van der Waals surface area contributed by atoms with E-state index in [0.717, 1.165) is 16.7 Å². The molecule has 0 bridgehead atoms. The second-order valence-corrected chi connectivity index (χ2v) is 7.32. The molecule has 1 fully saturated rings. The van der Waals surface area contributed by atoms with E-state index in [9.17, 15) is 24.5 Å². The molecule has 0 radical (unpaired) electrons. The van der Waals surface area contributed by atoms with Gasteiger partial charge in [0, 0.05) is 17.7 Å². The average molecular weight is 442 g/mol. The number of nitro benzene ring substituents is 1. The highest BCUT2D eigenvalue weighted by atomic mass is 32.2. The van der Waals surface area contributed by atoms with Gasteiger partial charge in [-0.3, -0.25) is 24.6 Å². The highest BCUT2D eigenvalue weighted by Crippen LogP contribution is 2.35. The van der Waals surface area contributed by atoms with Crippen LogP contribution < -0.4 is 4.74 Å². The van der Waals surface area contributed by atoms with Crippen LogP contribution in [-0.4, -0.2) is 40.2 Å². The van der Waals surface area contributed by atoms with Crippen molar-refractivity contribution < 1.29 is 28.8 Å². The summed E-state index contributed by atoms with van der Waals surface area (Å²) in [5, 5.41) is 10.5. The number of non-ortho nitro benzene ring substituents is 1. The Morgan fingerprint density at radius 1 is 1.19 bits per heavy atom. The van der Waals surface area contributed by atoms with Crippen LogP contribution in [0, 0.1) is 10.1 Å². The topological polar surface area (TPSA) is 116 Å². The van der Waals surface area contributed by atoms with Gasteiger partial charge in [-0.15, -0.1) is 0 Å². The summed E-state index contributed by atoms with van der Waals surface area (Å²) < 4.78 is 10.3. The second kappa shape index (κ2) is 9.90. The van der Waals surface area contributed by atoms with Crippen molar-refractivity contribution in [3.63, 3.8) is 0 Å². The molecule has 1 aliphatic rings. The van der Waals surface area contributed by atoms with Crippen molar-refractivity contribution in [2.24, 2.45) is 0 Å². The van der Waals surface area contributed by atoms with Gasteiger partial charge in [0.15, 0.2) is 6.61 Å². The van der Waals surface area contributed by atoms with Gasteiger partial charge in [0.2, 0.25) is 0 Å². The summed E-state index contributed by atoms with van der Waals surface area (Å²) in [6.07, 6.45) is 1.51. The van der Waals surface area contributed by atoms with Crippen molar-refractivity contribution in [3.8, 4) is 5.75 Å². The maximum absolute atomic E-state index is 12.8. The summed E-state index contributed by atoms with van der Waals surface area (Å²) in [7, 11) is 0. The number of carbonyl (C=O) groups is 3. The fourth-order valence-electron chi connectivity index (χ4n) is 2.80. The number of benzene rings is 2. The molecule has 0 atom stereocenters. The average Bonchev–Trinajstić information content (AvgIpc) is 3.01. The number of imide groups is 1. The summed E-state index contributed by atoms with van der Waals surface area (Å²) in [6, 6.07) is 12.5. The van der Waals surface area contributed by atoms with Gasteiger partial charge in [0.1, 0.15) is 5.75 Å². The molecule has 3 rings (SSSR count). The Bertz CT molecular complexity index is 1070. The van der Waals surface area contributed by atoms with E-state index in [1.807, 2.05) is 0 Å². The molecule has 160 valence electrons. The molecule has 0 N–H and O–H groups in total. The van der Waals surface area contributed by atoms with Crippen LogP contribution in [0.1, 0.15) is 18.1 Å². The molecule has 0 aliphatic carbocycles. The van der Waals surface area contributed by atoms with E-state index < -0.39 is 22.0 Å². The molecule has 9 nitrogen and oxygen atoms in total. The fourth-order valence-corrected chi connectivity index (χ4v) is 3.63. The Morgan fingerprint density at radius 2 is 1.97 bits per heavy atom. The number of thioether (sulfide) groups is 1. The standard InChI is InChI=1S/C21H18N2O7S/c1-2-29-19(24)13-30-17-9-4-3-7-15(17)11-18-20(25)22(21(26)31-18)12-14-6-5-8-16(10-14)23(27)28/h3-11H,2,12-13H2,1H3/b18-11+. The van der Waals surface area contributed by atoms with Crippen molar-refractivity contribution in [2.45, 2.75) is 13.5 Å². The number of esters is 1. The number of nitro groups is 1. The quantitative estimate of drug-likeness (QED) is 0.262. The lowest BCUT2D eigenvalue weighted by molar-refractivity contribution is -0.384. The number of nitrogens with zero attached hydrogens (tertiary/aromatic N) is 2. The van der Waals surface area contributed by atoms with Crippen molar-refractivity contribution in [3.05, 3.63) is 74.7 Å². The molecule has 2 amide bonds. The number of amides is 2. The van der Waals surface area contributed by atoms with Gasteiger partial charge >= 0.3 is 5.97 Å². The maximum atomic E-state index is 12.8. The van der Waals surface area contributed by atoms with Gasteiger partial charge in [-0.2, -0.15) is 0 Å². The van der Waals surface area contributed by atoms with Crippen LogP contribution in [0.4, 0.5) is 10.5 Å². The Labute approximate surface area is 181 Å². The molecule has 2 aromatic rings. The van der Waals surface area contributed by atoms with Gasteiger partial charge in [0.05, 0.1) is 23.0 Å². The third-order valence-electron chi connectivity index (χ3n) is 4.19. The SMILES string of the molecule is CCOC(=O)COc1ccccc1/C=C1/SC(=O)N(Cc2cccc([N+](=O)[O-])c2)C1=O. The normalized spacial score (nSPS) is 14.7. The van der Waals surface area contributed by atoms with Gasteiger partial charge in [-0.05, 0) is 36.4 Å². The molecule has 0 saturated carbocycles. The predicted octanol–water partition coefficient (Wildman–Crippen LogP) is 3.77. The lowest BCUT2D eigenvalue weighted by Crippen LogP contribution is -2.27. The van der Waals surface area contributed by atoms with Crippen LogP contribution in [0.15, 0.2) is 53.4 Å². The van der Waals surface area contributed by atoms with E-state index in [1.54, 1.807) is 37.3 Å². The maximum Gasteiger partial charge on any atom is 0.344 e. The highest BCUT2D eigenvalue weighted by Gasteiger charge is 2.35. The van der Waals surface area contributed by atoms with Crippen LogP contribution in [-0.2, 0) is 20.9 Å². The van der Waals surface area contributed by atoms with E-state index in [1.165, 1.54) is 24.3 Å². The largest absolute Gasteiger partial charge is 0.481 e. The second-order valence-electron chi connectivity index (χ2n) is 6.33.